The minimum Gasteiger partial charge on any atom is -0.211 e. The summed E-state index contributed by atoms with van der Waals surface area (Å²) in [6.07, 6.45) is 2.46. The average Bonchev–Trinajstić information content (AvgIpc) is 2.12. The van der Waals surface area contributed by atoms with E-state index in [1.165, 1.54) is 11.1 Å². The van der Waals surface area contributed by atoms with Crippen molar-refractivity contribution in [2.45, 2.75) is 33.2 Å². The van der Waals surface area contributed by atoms with E-state index in [0.717, 1.165) is 12.0 Å². The zero-order valence-corrected chi connectivity index (χ0v) is 8.87. The van der Waals surface area contributed by atoms with Gasteiger partial charge >= 0.3 is 0 Å². The molecule has 2 nitrogen and oxygen atoms in total. The number of benzene rings is 1. The van der Waals surface area contributed by atoms with Gasteiger partial charge in [-0.2, -0.15) is 4.99 Å². The number of rotatable bonds is 3. The highest BCUT2D eigenvalue weighted by Gasteiger charge is 2.07. The van der Waals surface area contributed by atoms with Gasteiger partial charge in [0, 0.05) is 0 Å². The fourth-order valence-corrected chi connectivity index (χ4v) is 1.67. The van der Waals surface area contributed by atoms with E-state index in [-0.39, 0.29) is 6.04 Å². The summed E-state index contributed by atoms with van der Waals surface area (Å²) < 4.78 is 0. The first-order chi connectivity index (χ1) is 6.67. The number of hydrogen-bond acceptors (Lipinski definition) is 2. The minimum absolute atomic E-state index is 0.0360. The van der Waals surface area contributed by atoms with E-state index in [0.29, 0.717) is 0 Å². The van der Waals surface area contributed by atoms with E-state index < -0.39 is 0 Å². The fourth-order valence-electron chi connectivity index (χ4n) is 1.67. The summed E-state index contributed by atoms with van der Waals surface area (Å²) in [5, 5.41) is 0. The van der Waals surface area contributed by atoms with Crippen molar-refractivity contribution in [3.05, 3.63) is 34.9 Å². The molecule has 14 heavy (non-hydrogen) atoms. The van der Waals surface area contributed by atoms with Crippen molar-refractivity contribution in [3.63, 3.8) is 0 Å². The first-order valence-electron chi connectivity index (χ1n) is 4.82. The van der Waals surface area contributed by atoms with Gasteiger partial charge in [0.15, 0.2) is 0 Å². The summed E-state index contributed by atoms with van der Waals surface area (Å²) in [4.78, 5) is 14.0. The van der Waals surface area contributed by atoms with E-state index in [9.17, 15) is 4.79 Å². The van der Waals surface area contributed by atoms with Crippen LogP contribution in [-0.4, -0.2) is 6.08 Å². The van der Waals surface area contributed by atoms with Gasteiger partial charge < -0.3 is 0 Å². The summed E-state index contributed by atoms with van der Waals surface area (Å²) in [5.74, 6) is 0. The molecular formula is C12H15NO. The Labute approximate surface area is 84.7 Å². The van der Waals surface area contributed by atoms with Gasteiger partial charge in [0.05, 0.1) is 6.04 Å². The van der Waals surface area contributed by atoms with Crippen molar-refractivity contribution in [3.8, 4) is 0 Å². The van der Waals surface area contributed by atoms with Gasteiger partial charge in [-0.05, 0) is 25.8 Å². The molecule has 0 aliphatic carbocycles. The molecule has 0 aliphatic heterocycles. The zero-order valence-electron chi connectivity index (χ0n) is 8.87. The zero-order chi connectivity index (χ0) is 10.6. The Morgan fingerprint density at radius 3 is 2.29 bits per heavy atom. The number of isocyanates is 1. The molecule has 0 spiro atoms. The lowest BCUT2D eigenvalue weighted by atomic mass is 10.0. The maximum absolute atomic E-state index is 10.2. The standard InChI is InChI=1S/C12H15NO/c1-4-12(13-8-14)11-6-9(2)5-10(3)7-11/h5-7,12H,4H2,1-3H3/t12-/m1/s1. The maximum Gasteiger partial charge on any atom is 0.235 e. The van der Waals surface area contributed by atoms with E-state index in [2.05, 4.69) is 23.2 Å². The maximum atomic E-state index is 10.2. The molecule has 1 aromatic rings. The number of aryl methyl sites for hydroxylation is 2. The highest BCUT2D eigenvalue weighted by molar-refractivity contribution is 5.37. The van der Waals surface area contributed by atoms with Crippen LogP contribution in [0.3, 0.4) is 0 Å². The van der Waals surface area contributed by atoms with Crippen LogP contribution in [0.25, 0.3) is 0 Å². The summed E-state index contributed by atoms with van der Waals surface area (Å²) in [6, 6.07) is 6.22. The summed E-state index contributed by atoms with van der Waals surface area (Å²) in [7, 11) is 0. The van der Waals surface area contributed by atoms with E-state index in [4.69, 9.17) is 0 Å². The molecule has 1 rings (SSSR count). The smallest absolute Gasteiger partial charge is 0.211 e. The van der Waals surface area contributed by atoms with Crippen molar-refractivity contribution < 1.29 is 4.79 Å². The van der Waals surface area contributed by atoms with Crippen LogP contribution in [0.4, 0.5) is 0 Å². The normalized spacial score (nSPS) is 11.9. The highest BCUT2D eigenvalue weighted by Crippen LogP contribution is 2.22. The Balaban J connectivity index is 3.09. The third kappa shape index (κ3) is 2.54. The molecule has 0 N–H and O–H groups in total. The fraction of sp³-hybridized carbons (Fsp3) is 0.417. The Kier molecular flexibility index (Phi) is 3.61. The lowest BCUT2D eigenvalue weighted by Crippen LogP contribution is -1.95. The van der Waals surface area contributed by atoms with Crippen LogP contribution in [0.5, 0.6) is 0 Å². The predicted octanol–water partition coefficient (Wildman–Crippen LogP) is 3.09. The van der Waals surface area contributed by atoms with Crippen molar-refractivity contribution in [1.29, 1.82) is 0 Å². The molecule has 0 saturated carbocycles. The lowest BCUT2D eigenvalue weighted by Gasteiger charge is -2.10. The highest BCUT2D eigenvalue weighted by atomic mass is 16.1. The van der Waals surface area contributed by atoms with Crippen molar-refractivity contribution in [1.82, 2.24) is 0 Å². The molecule has 0 aliphatic rings. The second-order valence-corrected chi connectivity index (χ2v) is 3.57. The van der Waals surface area contributed by atoms with Gasteiger partial charge in [0.2, 0.25) is 6.08 Å². The second-order valence-electron chi connectivity index (χ2n) is 3.57. The van der Waals surface area contributed by atoms with Gasteiger partial charge in [-0.15, -0.1) is 0 Å². The van der Waals surface area contributed by atoms with Gasteiger partial charge in [0.25, 0.3) is 0 Å². The van der Waals surface area contributed by atoms with Gasteiger partial charge in [0.1, 0.15) is 0 Å². The number of aliphatic imine (C=N–C) groups is 1. The van der Waals surface area contributed by atoms with Crippen LogP contribution >= 0.6 is 0 Å². The van der Waals surface area contributed by atoms with E-state index in [1.54, 1.807) is 6.08 Å². The molecule has 0 fully saturated rings. The largest absolute Gasteiger partial charge is 0.235 e. The minimum atomic E-state index is -0.0360. The SMILES string of the molecule is CC[C@@H](N=C=O)c1cc(C)cc(C)c1. The van der Waals surface area contributed by atoms with Crippen LogP contribution in [-0.2, 0) is 4.79 Å². The predicted molar refractivity (Wildman–Crippen MR) is 57.1 cm³/mol. The topological polar surface area (TPSA) is 29.4 Å². The molecule has 0 amide bonds. The third-order valence-corrected chi connectivity index (χ3v) is 2.22. The molecule has 74 valence electrons. The molecule has 0 saturated heterocycles. The monoisotopic (exact) mass is 189 g/mol. The van der Waals surface area contributed by atoms with Crippen molar-refractivity contribution in [2.75, 3.05) is 0 Å². The molecule has 0 bridgehead atoms. The Hall–Kier alpha value is -1.40. The number of nitrogens with zero attached hydrogens (tertiary/aromatic N) is 1. The van der Waals surface area contributed by atoms with Crippen LogP contribution in [0.1, 0.15) is 36.1 Å². The first-order valence-corrected chi connectivity index (χ1v) is 4.82. The molecule has 1 atom stereocenters. The van der Waals surface area contributed by atoms with Gasteiger partial charge in [-0.3, -0.25) is 0 Å². The van der Waals surface area contributed by atoms with Crippen LogP contribution in [0.15, 0.2) is 23.2 Å². The van der Waals surface area contributed by atoms with E-state index in [1.807, 2.05) is 20.8 Å². The average molecular weight is 189 g/mol. The molecule has 0 aromatic heterocycles. The third-order valence-electron chi connectivity index (χ3n) is 2.22. The Bertz CT molecular complexity index is 344. The quantitative estimate of drug-likeness (QED) is 0.530. The van der Waals surface area contributed by atoms with Crippen LogP contribution in [0.2, 0.25) is 0 Å². The number of hydrogen-bond donors (Lipinski definition) is 0. The molecule has 0 heterocycles. The Morgan fingerprint density at radius 2 is 1.86 bits per heavy atom. The van der Waals surface area contributed by atoms with Crippen LogP contribution < -0.4 is 0 Å². The number of carbonyl (C=O) groups excluding carboxylic acids is 1. The first kappa shape index (κ1) is 10.7. The van der Waals surface area contributed by atoms with Gasteiger partial charge in [-0.25, -0.2) is 4.79 Å². The van der Waals surface area contributed by atoms with Crippen molar-refractivity contribution >= 4 is 6.08 Å². The summed E-state index contributed by atoms with van der Waals surface area (Å²) in [5.41, 5.74) is 3.52. The second kappa shape index (κ2) is 4.73. The molecule has 2 heteroatoms. The van der Waals surface area contributed by atoms with Gasteiger partial charge in [-0.1, -0.05) is 36.2 Å². The van der Waals surface area contributed by atoms with Crippen molar-refractivity contribution in [2.24, 2.45) is 4.99 Å². The molecular weight excluding hydrogens is 174 g/mol. The van der Waals surface area contributed by atoms with E-state index >= 15 is 0 Å². The summed E-state index contributed by atoms with van der Waals surface area (Å²) >= 11 is 0. The Morgan fingerprint density at radius 1 is 1.29 bits per heavy atom. The molecule has 0 unspecified atom stereocenters. The lowest BCUT2D eigenvalue weighted by molar-refractivity contribution is 0.556. The van der Waals surface area contributed by atoms with Crippen LogP contribution in [0, 0.1) is 13.8 Å². The summed E-state index contributed by atoms with van der Waals surface area (Å²) in [6.45, 7) is 6.12. The molecule has 0 radical (unpaired) electrons. The molecule has 1 aromatic carbocycles.